The lowest BCUT2D eigenvalue weighted by Crippen LogP contribution is -2.50. The van der Waals surface area contributed by atoms with Gasteiger partial charge in [0.15, 0.2) is 0 Å². The minimum Gasteiger partial charge on any atom is -0.481 e. The van der Waals surface area contributed by atoms with Crippen LogP contribution in [0.4, 0.5) is 10.1 Å². The summed E-state index contributed by atoms with van der Waals surface area (Å²) in [6, 6.07) is 5.68. The van der Waals surface area contributed by atoms with Crippen LogP contribution in [-0.2, 0) is 10.2 Å². The van der Waals surface area contributed by atoms with Gasteiger partial charge in [0.2, 0.25) is 0 Å². The van der Waals surface area contributed by atoms with Gasteiger partial charge in [0.25, 0.3) is 0 Å². The molecule has 1 aromatic carbocycles. The Morgan fingerprint density at radius 3 is 2.54 bits per heavy atom. The van der Waals surface area contributed by atoms with Gasteiger partial charge in [-0.05, 0) is 87.2 Å². The summed E-state index contributed by atoms with van der Waals surface area (Å²) in [4.78, 5) is 14.2. The molecule has 2 aliphatic carbocycles. The largest absolute Gasteiger partial charge is 0.481 e. The van der Waals surface area contributed by atoms with Crippen molar-refractivity contribution in [3.63, 3.8) is 0 Å². The summed E-state index contributed by atoms with van der Waals surface area (Å²) in [7, 11) is 0. The summed E-state index contributed by atoms with van der Waals surface area (Å²) >= 11 is 0. The first-order chi connectivity index (χ1) is 12.6. The highest BCUT2D eigenvalue weighted by Crippen LogP contribution is 2.50. The highest BCUT2D eigenvalue weighted by atomic mass is 19.1. The van der Waals surface area contributed by atoms with Gasteiger partial charge in [-0.1, -0.05) is 0 Å². The molecule has 140 valence electrons. The zero-order valence-corrected chi connectivity index (χ0v) is 15.1. The van der Waals surface area contributed by atoms with Crippen LogP contribution < -0.4 is 5.32 Å². The van der Waals surface area contributed by atoms with Crippen LogP contribution in [0.1, 0.15) is 44.1 Å². The van der Waals surface area contributed by atoms with Crippen LogP contribution in [0, 0.1) is 23.6 Å². The molecule has 3 fully saturated rings. The fraction of sp³-hybridized carbons (Fsp3) is 0.667. The third-order valence-electron chi connectivity index (χ3n) is 7.80. The lowest BCUT2D eigenvalue weighted by molar-refractivity contribution is -0.146. The van der Waals surface area contributed by atoms with E-state index >= 15 is 0 Å². The number of hydrogen-bond donors (Lipinski definition) is 2. The van der Waals surface area contributed by atoms with E-state index in [-0.39, 0.29) is 17.2 Å². The number of nitrogens with zero attached hydrogens (tertiary/aromatic N) is 1. The monoisotopic (exact) mass is 358 g/mol. The van der Waals surface area contributed by atoms with Crippen molar-refractivity contribution in [1.82, 2.24) is 4.90 Å². The Kier molecular flexibility index (Phi) is 3.78. The topological polar surface area (TPSA) is 52.6 Å². The number of halogens is 1. The molecule has 2 unspecified atom stereocenters. The summed E-state index contributed by atoms with van der Waals surface area (Å²) < 4.78 is 13.8. The minimum atomic E-state index is -0.579. The fourth-order valence-corrected chi connectivity index (χ4v) is 6.43. The molecule has 0 radical (unpaired) electrons. The Morgan fingerprint density at radius 2 is 1.88 bits per heavy atom. The molecule has 1 aromatic rings. The van der Waals surface area contributed by atoms with E-state index in [0.717, 1.165) is 69.4 Å². The van der Waals surface area contributed by atoms with Gasteiger partial charge in [-0.25, -0.2) is 4.39 Å². The van der Waals surface area contributed by atoms with Crippen molar-refractivity contribution < 1.29 is 14.3 Å². The average Bonchev–Trinajstić information content (AvgIpc) is 3.11. The van der Waals surface area contributed by atoms with Gasteiger partial charge in [-0.15, -0.1) is 0 Å². The maximum absolute atomic E-state index is 13.8. The van der Waals surface area contributed by atoms with Crippen LogP contribution in [0.3, 0.4) is 0 Å². The zero-order chi connectivity index (χ0) is 17.9. The van der Waals surface area contributed by atoms with Gasteiger partial charge in [-0.3, -0.25) is 4.79 Å². The fourth-order valence-electron chi connectivity index (χ4n) is 6.43. The molecule has 2 N–H and O–H groups in total. The van der Waals surface area contributed by atoms with Crippen molar-refractivity contribution >= 4 is 11.7 Å². The highest BCUT2D eigenvalue weighted by molar-refractivity contribution is 5.71. The van der Waals surface area contributed by atoms with Crippen molar-refractivity contribution in [2.24, 2.45) is 17.8 Å². The number of benzene rings is 1. The van der Waals surface area contributed by atoms with E-state index in [0.29, 0.717) is 17.9 Å². The van der Waals surface area contributed by atoms with Gasteiger partial charge in [-0.2, -0.15) is 0 Å². The number of hydrogen-bond acceptors (Lipinski definition) is 3. The number of fused-ring (bicyclic) bond motifs is 4. The SMILES string of the molecule is O=C(O)C1C2CCC1CC(N1CCC3(CC1)CNc1ccc(F)cc13)C2. The quantitative estimate of drug-likeness (QED) is 0.850. The van der Waals surface area contributed by atoms with Crippen LogP contribution in [0.15, 0.2) is 18.2 Å². The molecule has 0 aromatic heterocycles. The van der Waals surface area contributed by atoms with Crippen LogP contribution in [-0.4, -0.2) is 41.7 Å². The molecule has 0 amide bonds. The number of carboxylic acids is 1. The van der Waals surface area contributed by atoms with Crippen LogP contribution >= 0.6 is 0 Å². The van der Waals surface area contributed by atoms with Crippen molar-refractivity contribution in [2.45, 2.75) is 50.0 Å². The second kappa shape index (κ2) is 5.95. The lowest BCUT2D eigenvalue weighted by Gasteiger charge is -2.46. The van der Waals surface area contributed by atoms with Gasteiger partial charge < -0.3 is 15.3 Å². The number of carboxylic acid groups (broad SMARTS) is 1. The first-order valence-electron chi connectivity index (χ1n) is 10.1. The summed E-state index contributed by atoms with van der Waals surface area (Å²) in [6.45, 7) is 3.00. The first-order valence-corrected chi connectivity index (χ1v) is 10.1. The summed E-state index contributed by atoms with van der Waals surface area (Å²) in [6.07, 6.45) is 6.39. The van der Waals surface area contributed by atoms with E-state index in [1.165, 1.54) is 6.07 Å². The predicted molar refractivity (Wildman–Crippen MR) is 97.7 cm³/mol. The Balaban J connectivity index is 1.28. The van der Waals surface area contributed by atoms with E-state index in [9.17, 15) is 14.3 Å². The zero-order valence-electron chi connectivity index (χ0n) is 15.1. The van der Waals surface area contributed by atoms with Crippen molar-refractivity contribution in [3.8, 4) is 0 Å². The second-order valence-electron chi connectivity index (χ2n) is 8.95. The van der Waals surface area contributed by atoms with E-state index < -0.39 is 5.97 Å². The molecule has 5 rings (SSSR count). The normalized spacial score (nSPS) is 35.3. The number of likely N-dealkylation sites (tertiary alicyclic amines) is 1. The molecule has 4 aliphatic rings. The predicted octanol–water partition coefficient (Wildman–Crippen LogP) is 3.47. The van der Waals surface area contributed by atoms with Crippen LogP contribution in [0.2, 0.25) is 0 Å². The van der Waals surface area contributed by atoms with Gasteiger partial charge >= 0.3 is 5.97 Å². The smallest absolute Gasteiger partial charge is 0.307 e. The second-order valence-corrected chi connectivity index (χ2v) is 8.95. The molecule has 1 spiro atoms. The molecule has 2 atom stereocenters. The Morgan fingerprint density at radius 1 is 1.19 bits per heavy atom. The van der Waals surface area contributed by atoms with Crippen molar-refractivity contribution in [2.75, 3.05) is 25.0 Å². The maximum Gasteiger partial charge on any atom is 0.307 e. The summed E-state index contributed by atoms with van der Waals surface area (Å²) in [5.41, 5.74) is 2.33. The van der Waals surface area contributed by atoms with Crippen LogP contribution in [0.25, 0.3) is 0 Å². The summed E-state index contributed by atoms with van der Waals surface area (Å²) in [5.74, 6) is -0.0801. The maximum atomic E-state index is 13.8. The molecule has 2 bridgehead atoms. The Labute approximate surface area is 153 Å². The number of aliphatic carboxylic acids is 1. The molecule has 26 heavy (non-hydrogen) atoms. The van der Waals surface area contributed by atoms with E-state index in [1.54, 1.807) is 6.07 Å². The average molecular weight is 358 g/mol. The molecule has 4 nitrogen and oxygen atoms in total. The standard InChI is InChI=1S/C21H27FN2O2/c22-15-3-4-18-17(11-15)21(12-23-18)5-7-24(8-6-21)16-9-13-1-2-14(10-16)19(13)20(25)26/h3-4,11,13-14,16,19,23H,1-2,5-10,12H2,(H,25,26). The van der Waals surface area contributed by atoms with E-state index in [4.69, 9.17) is 0 Å². The molecule has 5 heteroatoms. The number of nitrogens with one attached hydrogen (secondary N) is 1. The highest BCUT2D eigenvalue weighted by Gasteiger charge is 2.49. The molecule has 2 aliphatic heterocycles. The third kappa shape index (κ3) is 2.47. The molecule has 2 saturated carbocycles. The summed E-state index contributed by atoms with van der Waals surface area (Å²) in [5, 5.41) is 13.0. The van der Waals surface area contributed by atoms with Gasteiger partial charge in [0, 0.05) is 23.7 Å². The van der Waals surface area contributed by atoms with Gasteiger partial charge in [0.1, 0.15) is 5.82 Å². The number of carbonyl (C=O) groups is 1. The van der Waals surface area contributed by atoms with Crippen LogP contribution in [0.5, 0.6) is 0 Å². The molecular weight excluding hydrogens is 331 g/mol. The van der Waals surface area contributed by atoms with E-state index in [1.807, 2.05) is 6.07 Å². The van der Waals surface area contributed by atoms with Crippen molar-refractivity contribution in [3.05, 3.63) is 29.6 Å². The van der Waals surface area contributed by atoms with Crippen molar-refractivity contribution in [1.29, 1.82) is 0 Å². The third-order valence-corrected chi connectivity index (χ3v) is 7.80. The Bertz CT molecular complexity index is 715. The molecule has 1 saturated heterocycles. The first kappa shape index (κ1) is 16.5. The van der Waals surface area contributed by atoms with E-state index in [2.05, 4.69) is 10.2 Å². The molecular formula is C21H27FN2O2. The number of anilines is 1. The number of piperidine rings is 1. The Hall–Kier alpha value is -1.62. The molecule has 2 heterocycles. The van der Waals surface area contributed by atoms with Gasteiger partial charge in [0.05, 0.1) is 5.92 Å². The lowest BCUT2D eigenvalue weighted by atomic mass is 9.72. The minimum absolute atomic E-state index is 0.0746. The number of rotatable bonds is 2.